The monoisotopic (exact) mass is 348 g/mol. The highest BCUT2D eigenvalue weighted by atomic mass is 16.5. The van der Waals surface area contributed by atoms with E-state index in [0.29, 0.717) is 0 Å². The number of aromatic nitrogens is 2. The molecular weight excluding hydrogens is 324 g/mol. The lowest BCUT2D eigenvalue weighted by molar-refractivity contribution is 0.415. The third-order valence-electron chi connectivity index (χ3n) is 4.07. The van der Waals surface area contributed by atoms with Crippen LogP contribution in [0.15, 0.2) is 60.7 Å². The normalized spacial score (nSPS) is 10.4. The standard InChI is InChI=1S/C21H24N4O/c1-4-25(15-17-9-6-5-7-10-17)21-22-16(2)13-20(24-21)23-18-11-8-12-19(14-18)26-3/h5-14H,4,15H2,1-3H3,(H,22,23,24). The molecule has 3 rings (SSSR count). The van der Waals surface area contributed by atoms with E-state index < -0.39 is 0 Å². The number of benzene rings is 2. The molecule has 26 heavy (non-hydrogen) atoms. The lowest BCUT2D eigenvalue weighted by Gasteiger charge is -2.22. The van der Waals surface area contributed by atoms with Crippen LogP contribution in [0.5, 0.6) is 5.75 Å². The number of nitrogens with one attached hydrogen (secondary N) is 1. The van der Waals surface area contributed by atoms with Gasteiger partial charge >= 0.3 is 0 Å². The van der Waals surface area contributed by atoms with Gasteiger partial charge in [-0.05, 0) is 31.5 Å². The maximum absolute atomic E-state index is 5.28. The van der Waals surface area contributed by atoms with Crippen molar-refractivity contribution in [2.75, 3.05) is 23.9 Å². The van der Waals surface area contributed by atoms with Crippen LogP contribution in [0.25, 0.3) is 0 Å². The van der Waals surface area contributed by atoms with Gasteiger partial charge in [-0.25, -0.2) is 4.98 Å². The fourth-order valence-corrected chi connectivity index (χ4v) is 2.73. The summed E-state index contributed by atoms with van der Waals surface area (Å²) in [6.07, 6.45) is 0. The largest absolute Gasteiger partial charge is 0.497 e. The molecule has 0 unspecified atom stereocenters. The molecule has 134 valence electrons. The molecule has 5 heteroatoms. The van der Waals surface area contributed by atoms with E-state index in [1.165, 1.54) is 5.56 Å². The molecule has 2 aromatic carbocycles. The van der Waals surface area contributed by atoms with Crippen molar-refractivity contribution in [2.45, 2.75) is 20.4 Å². The Balaban J connectivity index is 1.83. The zero-order chi connectivity index (χ0) is 18.4. The summed E-state index contributed by atoms with van der Waals surface area (Å²) in [7, 11) is 1.66. The molecule has 0 bridgehead atoms. The van der Waals surface area contributed by atoms with Crippen molar-refractivity contribution in [1.82, 2.24) is 9.97 Å². The minimum Gasteiger partial charge on any atom is -0.497 e. The summed E-state index contributed by atoms with van der Waals surface area (Å²) in [6, 6.07) is 20.1. The Kier molecular flexibility index (Phi) is 5.69. The van der Waals surface area contributed by atoms with Gasteiger partial charge in [0.2, 0.25) is 5.95 Å². The van der Waals surface area contributed by atoms with Crippen molar-refractivity contribution < 1.29 is 4.74 Å². The van der Waals surface area contributed by atoms with E-state index in [1.54, 1.807) is 7.11 Å². The summed E-state index contributed by atoms with van der Waals surface area (Å²) < 4.78 is 5.28. The average molecular weight is 348 g/mol. The maximum atomic E-state index is 5.28. The van der Waals surface area contributed by atoms with Crippen molar-refractivity contribution in [3.63, 3.8) is 0 Å². The highest BCUT2D eigenvalue weighted by molar-refractivity contribution is 5.59. The zero-order valence-electron chi connectivity index (χ0n) is 15.4. The molecule has 5 nitrogen and oxygen atoms in total. The summed E-state index contributed by atoms with van der Waals surface area (Å²) in [4.78, 5) is 11.5. The maximum Gasteiger partial charge on any atom is 0.227 e. The zero-order valence-corrected chi connectivity index (χ0v) is 15.4. The number of anilines is 3. The molecule has 3 aromatic rings. The highest BCUT2D eigenvalue weighted by Gasteiger charge is 2.11. The minimum atomic E-state index is 0.724. The van der Waals surface area contributed by atoms with E-state index in [-0.39, 0.29) is 0 Å². The molecule has 1 N–H and O–H groups in total. The van der Waals surface area contributed by atoms with Crippen molar-refractivity contribution in [3.05, 3.63) is 71.9 Å². The third-order valence-corrected chi connectivity index (χ3v) is 4.07. The lowest BCUT2D eigenvalue weighted by atomic mass is 10.2. The highest BCUT2D eigenvalue weighted by Crippen LogP contribution is 2.22. The number of aryl methyl sites for hydroxylation is 1. The van der Waals surface area contributed by atoms with Crippen LogP contribution in [0, 0.1) is 6.92 Å². The van der Waals surface area contributed by atoms with Crippen molar-refractivity contribution in [2.24, 2.45) is 0 Å². The molecule has 0 amide bonds. The fraction of sp³-hybridized carbons (Fsp3) is 0.238. The van der Waals surface area contributed by atoms with E-state index in [1.807, 2.05) is 43.3 Å². The van der Waals surface area contributed by atoms with Gasteiger partial charge in [-0.1, -0.05) is 36.4 Å². The van der Waals surface area contributed by atoms with Gasteiger partial charge in [-0.3, -0.25) is 0 Å². The van der Waals surface area contributed by atoms with Gasteiger partial charge in [0.15, 0.2) is 0 Å². The molecular formula is C21H24N4O. The number of nitrogens with zero attached hydrogens (tertiary/aromatic N) is 3. The number of hydrogen-bond acceptors (Lipinski definition) is 5. The Hall–Kier alpha value is -3.08. The molecule has 0 fully saturated rings. The second-order valence-electron chi connectivity index (χ2n) is 6.05. The quantitative estimate of drug-likeness (QED) is 0.678. The average Bonchev–Trinajstić information content (AvgIpc) is 2.66. The summed E-state index contributed by atoms with van der Waals surface area (Å²) in [6.45, 7) is 5.71. The molecule has 0 aliphatic rings. The van der Waals surface area contributed by atoms with Gasteiger partial charge < -0.3 is 15.0 Å². The van der Waals surface area contributed by atoms with Crippen LogP contribution in [-0.4, -0.2) is 23.6 Å². The molecule has 1 heterocycles. The smallest absolute Gasteiger partial charge is 0.227 e. The van der Waals surface area contributed by atoms with Crippen molar-refractivity contribution in [1.29, 1.82) is 0 Å². The molecule has 0 saturated carbocycles. The van der Waals surface area contributed by atoms with Gasteiger partial charge in [-0.15, -0.1) is 0 Å². The molecule has 0 saturated heterocycles. The first kappa shape index (κ1) is 17.7. The third kappa shape index (κ3) is 4.51. The summed E-state index contributed by atoms with van der Waals surface area (Å²) in [5, 5.41) is 3.34. The number of rotatable bonds is 7. The summed E-state index contributed by atoms with van der Waals surface area (Å²) >= 11 is 0. The first-order valence-corrected chi connectivity index (χ1v) is 8.73. The van der Waals surface area contributed by atoms with Crippen LogP contribution < -0.4 is 15.0 Å². The van der Waals surface area contributed by atoms with E-state index >= 15 is 0 Å². The van der Waals surface area contributed by atoms with Gasteiger partial charge in [0, 0.05) is 36.6 Å². The van der Waals surface area contributed by atoms with Crippen LogP contribution in [0.4, 0.5) is 17.5 Å². The molecule has 0 aliphatic carbocycles. The molecule has 0 spiro atoms. The van der Waals surface area contributed by atoms with Crippen molar-refractivity contribution >= 4 is 17.5 Å². The van der Waals surface area contributed by atoms with Gasteiger partial charge in [0.05, 0.1) is 7.11 Å². The molecule has 0 radical (unpaired) electrons. The van der Waals surface area contributed by atoms with Crippen LogP contribution >= 0.6 is 0 Å². The predicted molar refractivity (Wildman–Crippen MR) is 106 cm³/mol. The van der Waals surface area contributed by atoms with Crippen LogP contribution in [0.2, 0.25) is 0 Å². The SMILES string of the molecule is CCN(Cc1ccccc1)c1nc(C)cc(Nc2cccc(OC)c2)n1. The predicted octanol–water partition coefficient (Wildman–Crippen LogP) is 4.56. The van der Waals surface area contributed by atoms with Gasteiger partial charge in [0.25, 0.3) is 0 Å². The van der Waals surface area contributed by atoms with Crippen LogP contribution in [0.1, 0.15) is 18.2 Å². The Morgan fingerprint density at radius 1 is 1.00 bits per heavy atom. The fourth-order valence-electron chi connectivity index (χ4n) is 2.73. The van der Waals surface area contributed by atoms with E-state index in [2.05, 4.69) is 46.4 Å². The van der Waals surface area contributed by atoms with Crippen molar-refractivity contribution in [3.8, 4) is 5.75 Å². The number of methoxy groups -OCH3 is 1. The van der Waals surface area contributed by atoms with Gasteiger partial charge in [-0.2, -0.15) is 4.98 Å². The van der Waals surface area contributed by atoms with Crippen LogP contribution in [0.3, 0.4) is 0 Å². The van der Waals surface area contributed by atoms with E-state index in [4.69, 9.17) is 9.72 Å². The summed E-state index contributed by atoms with van der Waals surface area (Å²) in [5.74, 6) is 2.30. The molecule has 0 atom stereocenters. The number of hydrogen-bond donors (Lipinski definition) is 1. The Morgan fingerprint density at radius 2 is 1.81 bits per heavy atom. The minimum absolute atomic E-state index is 0.724. The second-order valence-corrected chi connectivity index (χ2v) is 6.05. The Labute approximate surface area is 154 Å². The number of ether oxygens (including phenoxy) is 1. The molecule has 1 aromatic heterocycles. The topological polar surface area (TPSA) is 50.3 Å². The van der Waals surface area contributed by atoms with Crippen LogP contribution in [-0.2, 0) is 6.54 Å². The van der Waals surface area contributed by atoms with E-state index in [0.717, 1.165) is 42.0 Å². The van der Waals surface area contributed by atoms with E-state index in [9.17, 15) is 0 Å². The van der Waals surface area contributed by atoms with Gasteiger partial charge in [0.1, 0.15) is 11.6 Å². The first-order valence-electron chi connectivity index (χ1n) is 8.73. The molecule has 0 aliphatic heterocycles. The Morgan fingerprint density at radius 3 is 2.54 bits per heavy atom. The summed E-state index contributed by atoms with van der Waals surface area (Å²) in [5.41, 5.74) is 3.09. The second kappa shape index (κ2) is 8.34. The first-order chi connectivity index (χ1) is 12.7. The lowest BCUT2D eigenvalue weighted by Crippen LogP contribution is -2.24. The Bertz CT molecular complexity index is 852.